The van der Waals surface area contributed by atoms with Gasteiger partial charge in [-0.3, -0.25) is 0 Å². The van der Waals surface area contributed by atoms with Crippen molar-refractivity contribution in [3.05, 3.63) is 47.8 Å². The smallest absolute Gasteiger partial charge is 0.407 e. The maximum Gasteiger partial charge on any atom is 0.407 e. The van der Waals surface area contributed by atoms with Gasteiger partial charge in [0.15, 0.2) is 5.69 Å². The van der Waals surface area contributed by atoms with Gasteiger partial charge in [0.25, 0.3) is 0 Å². The molecule has 1 aromatic heterocycles. The van der Waals surface area contributed by atoms with E-state index in [2.05, 4.69) is 16.4 Å². The quantitative estimate of drug-likeness (QED) is 0.913. The van der Waals surface area contributed by atoms with Crippen LogP contribution in [0.15, 0.2) is 36.4 Å². The Hall–Kier alpha value is -3.14. The molecule has 0 atom stereocenters. The molecule has 1 amide bonds. The lowest BCUT2D eigenvalue weighted by Crippen LogP contribution is -2.33. The Kier molecular flexibility index (Phi) is 3.58. The number of aromatic nitrogens is 3. The topological polar surface area (TPSA) is 95.0 Å². The van der Waals surface area contributed by atoms with Crippen molar-refractivity contribution in [3.63, 3.8) is 0 Å². The molecule has 1 aliphatic heterocycles. The van der Waals surface area contributed by atoms with Crippen LogP contribution >= 0.6 is 0 Å². The number of hydrogen-bond acceptors (Lipinski definition) is 4. The second kappa shape index (κ2) is 5.69. The summed E-state index contributed by atoms with van der Waals surface area (Å²) in [5.74, 6) is 0. The average Bonchev–Trinajstić information content (AvgIpc) is 2.99. The third-order valence-electron chi connectivity index (χ3n) is 3.56. The Morgan fingerprint density at radius 2 is 2.09 bits per heavy atom. The van der Waals surface area contributed by atoms with Crippen molar-refractivity contribution in [2.24, 2.45) is 0 Å². The van der Waals surface area contributed by atoms with Gasteiger partial charge in [-0.25, -0.2) is 9.48 Å². The Morgan fingerprint density at radius 1 is 1.32 bits per heavy atom. The van der Waals surface area contributed by atoms with Crippen LogP contribution in [-0.2, 0) is 0 Å². The molecule has 0 fully saturated rings. The van der Waals surface area contributed by atoms with Gasteiger partial charge in [-0.1, -0.05) is 29.5 Å². The summed E-state index contributed by atoms with van der Waals surface area (Å²) >= 11 is 0. The number of rotatable bonds is 2. The van der Waals surface area contributed by atoms with E-state index in [1.807, 2.05) is 30.3 Å². The first-order chi connectivity index (χ1) is 10.7. The van der Waals surface area contributed by atoms with Crippen LogP contribution in [0.3, 0.4) is 0 Å². The highest BCUT2D eigenvalue weighted by atomic mass is 16.4. The van der Waals surface area contributed by atoms with Gasteiger partial charge in [0.1, 0.15) is 11.8 Å². The molecule has 0 bridgehead atoms. The second-order valence-corrected chi connectivity index (χ2v) is 4.85. The molecule has 1 N–H and O–H groups in total. The molecule has 7 nitrogen and oxygen atoms in total. The summed E-state index contributed by atoms with van der Waals surface area (Å²) in [5, 5.41) is 26.6. The van der Waals surface area contributed by atoms with Gasteiger partial charge in [0.2, 0.25) is 0 Å². The lowest BCUT2D eigenvalue weighted by Gasteiger charge is -2.22. The predicted molar refractivity (Wildman–Crippen MR) is 78.3 cm³/mol. The van der Waals surface area contributed by atoms with Gasteiger partial charge < -0.3 is 10.0 Å². The van der Waals surface area contributed by atoms with Crippen molar-refractivity contribution < 1.29 is 9.90 Å². The highest BCUT2D eigenvalue weighted by Crippen LogP contribution is 2.24. The first-order valence-electron chi connectivity index (χ1n) is 6.79. The molecule has 0 saturated heterocycles. The molecule has 1 aliphatic rings. The van der Waals surface area contributed by atoms with Gasteiger partial charge in [0.05, 0.1) is 5.69 Å². The molecule has 2 aromatic rings. The minimum atomic E-state index is -0.941. The van der Waals surface area contributed by atoms with E-state index < -0.39 is 6.09 Å². The van der Waals surface area contributed by atoms with Crippen LogP contribution in [0.1, 0.15) is 17.8 Å². The Labute approximate surface area is 126 Å². The minimum absolute atomic E-state index is 0.299. The molecule has 22 heavy (non-hydrogen) atoms. The molecule has 2 heterocycles. The molecule has 3 rings (SSSR count). The van der Waals surface area contributed by atoms with Crippen LogP contribution in [0.25, 0.3) is 11.3 Å². The Balaban J connectivity index is 1.95. The summed E-state index contributed by atoms with van der Waals surface area (Å²) < 4.78 is 1.50. The van der Waals surface area contributed by atoms with Gasteiger partial charge in [-0.05, 0) is 24.1 Å². The molecular weight excluding hydrogens is 282 g/mol. The number of nitrogens with zero attached hydrogens (tertiary/aromatic N) is 5. The highest BCUT2D eigenvalue weighted by molar-refractivity contribution is 5.71. The number of nitriles is 1. The Morgan fingerprint density at radius 3 is 2.68 bits per heavy atom. The molecule has 0 saturated carbocycles. The molecule has 0 unspecified atom stereocenters. The number of carbonyl (C=O) groups is 1. The summed E-state index contributed by atoms with van der Waals surface area (Å²) in [5.41, 5.74) is 2.51. The van der Waals surface area contributed by atoms with Gasteiger partial charge in [-0.15, -0.1) is 5.10 Å². The van der Waals surface area contributed by atoms with E-state index in [4.69, 9.17) is 5.11 Å². The van der Waals surface area contributed by atoms with Crippen molar-refractivity contribution in [2.45, 2.75) is 6.42 Å². The first kappa shape index (κ1) is 13.8. The van der Waals surface area contributed by atoms with Crippen LogP contribution < -0.4 is 0 Å². The molecule has 7 heteroatoms. The first-order valence-corrected chi connectivity index (χ1v) is 6.79. The van der Waals surface area contributed by atoms with Crippen molar-refractivity contribution in [1.29, 1.82) is 5.26 Å². The van der Waals surface area contributed by atoms with E-state index in [0.29, 0.717) is 30.9 Å². The maximum atomic E-state index is 10.9. The molecular formula is C15H13N5O2. The van der Waals surface area contributed by atoms with Crippen LogP contribution in [0, 0.1) is 11.3 Å². The zero-order chi connectivity index (χ0) is 15.5. The zero-order valence-corrected chi connectivity index (χ0v) is 11.7. The van der Waals surface area contributed by atoms with E-state index in [0.717, 1.165) is 11.3 Å². The fourth-order valence-electron chi connectivity index (χ4n) is 2.41. The minimum Gasteiger partial charge on any atom is -0.465 e. The normalized spacial score (nSPS) is 14.3. The summed E-state index contributed by atoms with van der Waals surface area (Å²) in [4.78, 5) is 12.2. The van der Waals surface area contributed by atoms with Crippen molar-refractivity contribution >= 4 is 11.7 Å². The standard InChI is InChI=1S/C15H13N5O2/c16-10-13-14(11-6-8-19(9-7-11)15(21)22)17-18-20(13)12-4-2-1-3-5-12/h1-6H,7-9H2,(H,21,22). The SMILES string of the molecule is N#Cc1c(C2=CCN(C(=O)O)CC2)nnn1-c1ccccc1. The third-order valence-corrected chi connectivity index (χ3v) is 3.56. The molecule has 110 valence electrons. The average molecular weight is 295 g/mol. The Bertz CT molecular complexity index is 773. The van der Waals surface area contributed by atoms with E-state index in [1.165, 1.54) is 9.58 Å². The van der Waals surface area contributed by atoms with Crippen LogP contribution in [0.5, 0.6) is 0 Å². The van der Waals surface area contributed by atoms with Crippen molar-refractivity contribution in [2.75, 3.05) is 13.1 Å². The third kappa shape index (κ3) is 2.42. The lowest BCUT2D eigenvalue weighted by molar-refractivity contribution is 0.150. The van der Waals surface area contributed by atoms with E-state index in [1.54, 1.807) is 6.08 Å². The number of benzene rings is 1. The summed E-state index contributed by atoms with van der Waals surface area (Å²) in [7, 11) is 0. The number of amides is 1. The van der Waals surface area contributed by atoms with Gasteiger partial charge >= 0.3 is 6.09 Å². The van der Waals surface area contributed by atoms with Crippen LogP contribution in [0.4, 0.5) is 4.79 Å². The lowest BCUT2D eigenvalue weighted by atomic mass is 10.0. The fourth-order valence-corrected chi connectivity index (χ4v) is 2.41. The fraction of sp³-hybridized carbons (Fsp3) is 0.200. The van der Waals surface area contributed by atoms with Crippen LogP contribution in [-0.4, -0.2) is 44.2 Å². The van der Waals surface area contributed by atoms with E-state index >= 15 is 0 Å². The van der Waals surface area contributed by atoms with Crippen molar-refractivity contribution in [1.82, 2.24) is 19.9 Å². The van der Waals surface area contributed by atoms with Gasteiger partial charge in [-0.2, -0.15) is 5.26 Å². The number of carboxylic acid groups (broad SMARTS) is 1. The summed E-state index contributed by atoms with van der Waals surface area (Å²) in [6.07, 6.45) is 1.37. The number of hydrogen-bond donors (Lipinski definition) is 1. The number of para-hydroxylation sites is 1. The zero-order valence-electron chi connectivity index (χ0n) is 11.7. The highest BCUT2D eigenvalue weighted by Gasteiger charge is 2.22. The van der Waals surface area contributed by atoms with Gasteiger partial charge in [0, 0.05) is 13.1 Å². The maximum absolute atomic E-state index is 10.9. The molecule has 0 aliphatic carbocycles. The van der Waals surface area contributed by atoms with E-state index in [-0.39, 0.29) is 0 Å². The largest absolute Gasteiger partial charge is 0.465 e. The second-order valence-electron chi connectivity index (χ2n) is 4.85. The monoisotopic (exact) mass is 295 g/mol. The van der Waals surface area contributed by atoms with Crippen molar-refractivity contribution in [3.8, 4) is 11.8 Å². The van der Waals surface area contributed by atoms with E-state index in [9.17, 15) is 10.1 Å². The predicted octanol–water partition coefficient (Wildman–Crippen LogP) is 1.91. The summed E-state index contributed by atoms with van der Waals surface area (Å²) in [6.45, 7) is 0.692. The molecule has 1 aromatic carbocycles. The molecule has 0 radical (unpaired) electrons. The van der Waals surface area contributed by atoms with Crippen LogP contribution in [0.2, 0.25) is 0 Å². The molecule has 0 spiro atoms. The summed E-state index contributed by atoms with van der Waals surface area (Å²) in [6, 6.07) is 11.5.